The highest BCUT2D eigenvalue weighted by molar-refractivity contribution is 9.10. The summed E-state index contributed by atoms with van der Waals surface area (Å²) in [5.74, 6) is 0.00661. The Labute approximate surface area is 211 Å². The minimum atomic E-state index is -0.520. The Bertz CT molecular complexity index is 1350. The molecule has 0 saturated carbocycles. The molecule has 3 aromatic rings. The third-order valence-electron chi connectivity index (χ3n) is 4.94. The van der Waals surface area contributed by atoms with Crippen LogP contribution in [0, 0.1) is 6.92 Å². The number of aromatic nitrogens is 2. The van der Waals surface area contributed by atoms with Crippen molar-refractivity contribution in [2.75, 3.05) is 17.7 Å². The zero-order valence-electron chi connectivity index (χ0n) is 17.7. The van der Waals surface area contributed by atoms with E-state index in [0.717, 1.165) is 14.7 Å². The maximum atomic E-state index is 12.8. The van der Waals surface area contributed by atoms with Crippen molar-refractivity contribution >= 4 is 67.7 Å². The molecule has 13 heteroatoms. The Morgan fingerprint density at radius 2 is 2.00 bits per heavy atom. The first-order chi connectivity index (χ1) is 16.2. The molecule has 1 saturated heterocycles. The first kappa shape index (κ1) is 24.1. The fourth-order valence-electron chi connectivity index (χ4n) is 3.35. The van der Waals surface area contributed by atoms with Crippen molar-refractivity contribution < 1.29 is 14.7 Å². The predicted octanol–water partition coefficient (Wildman–Crippen LogP) is 1.90. The summed E-state index contributed by atoms with van der Waals surface area (Å²) in [6, 6.07) is 11.7. The summed E-state index contributed by atoms with van der Waals surface area (Å²) < 4.78 is 1.80. The molecular weight excluding hydrogens is 544 g/mol. The number of phenols is 1. The van der Waals surface area contributed by atoms with Gasteiger partial charge >= 0.3 is 0 Å². The number of carbonyl (C=O) groups excluding carboxylic acids is 2. The standard InChI is InChI=1S/C21H19BrN6O4S2/c1-11-24-16-7-4-13(22)8-15(16)19(32)28(11)26-17(30)9-23-25-21(33)27-18(31)10-34-20(27)12-2-5-14(29)6-3-12/h2-8,20,23,29H,9-10H2,1H3,(H,25,33)(H,26,30). The highest BCUT2D eigenvalue weighted by atomic mass is 79.9. The molecule has 1 aliphatic heterocycles. The molecular formula is C21H19BrN6O4S2. The van der Waals surface area contributed by atoms with Crippen LogP contribution in [0.1, 0.15) is 16.8 Å². The fraction of sp³-hybridized carbons (Fsp3) is 0.190. The van der Waals surface area contributed by atoms with Crippen LogP contribution in [0.25, 0.3) is 10.9 Å². The number of thiocarbonyl (C=S) groups is 1. The van der Waals surface area contributed by atoms with Crippen LogP contribution in [-0.4, -0.2) is 48.9 Å². The van der Waals surface area contributed by atoms with Gasteiger partial charge in [-0.15, -0.1) is 11.8 Å². The Hall–Kier alpha value is -3.00. The summed E-state index contributed by atoms with van der Waals surface area (Å²) in [4.78, 5) is 43.4. The van der Waals surface area contributed by atoms with Crippen molar-refractivity contribution in [2.45, 2.75) is 12.3 Å². The van der Waals surface area contributed by atoms with Crippen LogP contribution in [0.15, 0.2) is 51.7 Å². The number of nitrogens with one attached hydrogen (secondary N) is 3. The van der Waals surface area contributed by atoms with Gasteiger partial charge in [0.2, 0.25) is 5.91 Å². The molecule has 34 heavy (non-hydrogen) atoms. The number of phenolic OH excluding ortho intramolecular Hbond substituents is 1. The maximum absolute atomic E-state index is 12.8. The Balaban J connectivity index is 1.38. The number of fused-ring (bicyclic) bond motifs is 1. The summed E-state index contributed by atoms with van der Waals surface area (Å²) in [5.41, 5.74) is 8.82. The lowest BCUT2D eigenvalue weighted by Gasteiger charge is -2.25. The smallest absolute Gasteiger partial charge is 0.280 e. The number of benzene rings is 2. The van der Waals surface area contributed by atoms with Gasteiger partial charge < -0.3 is 5.11 Å². The molecule has 2 aromatic carbocycles. The number of hydrazine groups is 1. The van der Waals surface area contributed by atoms with E-state index in [4.69, 9.17) is 12.2 Å². The zero-order valence-corrected chi connectivity index (χ0v) is 21.0. The summed E-state index contributed by atoms with van der Waals surface area (Å²) in [6.07, 6.45) is 0. The van der Waals surface area contributed by atoms with Crippen LogP contribution in [0.3, 0.4) is 0 Å². The van der Waals surface area contributed by atoms with E-state index in [1.54, 1.807) is 49.4 Å². The van der Waals surface area contributed by atoms with Crippen LogP contribution in [0.2, 0.25) is 0 Å². The number of halogens is 1. The van der Waals surface area contributed by atoms with Crippen LogP contribution < -0.4 is 21.8 Å². The lowest BCUT2D eigenvalue weighted by Crippen LogP contribution is -2.50. The number of amides is 2. The van der Waals surface area contributed by atoms with Crippen molar-refractivity contribution in [1.29, 1.82) is 0 Å². The van der Waals surface area contributed by atoms with Crippen LogP contribution >= 0.6 is 39.9 Å². The van der Waals surface area contributed by atoms with Gasteiger partial charge in [-0.05, 0) is 55.0 Å². The number of thioether (sulfide) groups is 1. The van der Waals surface area contributed by atoms with E-state index in [-0.39, 0.29) is 34.4 Å². The molecule has 1 aliphatic rings. The molecule has 1 unspecified atom stereocenters. The third-order valence-corrected chi connectivity index (χ3v) is 6.95. The Kier molecular flexibility index (Phi) is 7.16. The number of nitrogens with zero attached hydrogens (tertiary/aromatic N) is 3. The van der Waals surface area contributed by atoms with Crippen LogP contribution in [0.4, 0.5) is 0 Å². The van der Waals surface area contributed by atoms with Gasteiger partial charge in [-0.3, -0.25) is 30.1 Å². The summed E-state index contributed by atoms with van der Waals surface area (Å²) in [7, 11) is 0. The Morgan fingerprint density at radius 3 is 2.74 bits per heavy atom. The molecule has 0 bridgehead atoms. The first-order valence-corrected chi connectivity index (χ1v) is 12.2. The molecule has 2 amide bonds. The first-order valence-electron chi connectivity index (χ1n) is 9.99. The summed E-state index contributed by atoms with van der Waals surface area (Å²) in [5, 5.41) is 9.61. The van der Waals surface area contributed by atoms with Crippen LogP contribution in [0.5, 0.6) is 5.75 Å². The third kappa shape index (κ3) is 5.06. The quantitative estimate of drug-likeness (QED) is 0.272. The number of carbonyl (C=O) groups is 2. The highest BCUT2D eigenvalue weighted by Gasteiger charge is 2.35. The molecule has 2 heterocycles. The zero-order chi connectivity index (χ0) is 24.4. The van der Waals surface area contributed by atoms with Crippen molar-refractivity contribution in [3.05, 3.63) is 68.7 Å². The van der Waals surface area contributed by atoms with E-state index in [0.29, 0.717) is 16.7 Å². The second-order valence-corrected chi connectivity index (χ2v) is 9.67. The normalized spacial score (nSPS) is 15.5. The fourth-order valence-corrected chi connectivity index (χ4v) is 5.22. The number of aryl methyl sites for hydroxylation is 1. The van der Waals surface area contributed by atoms with E-state index in [9.17, 15) is 19.5 Å². The molecule has 0 spiro atoms. The number of hydrogen-bond acceptors (Lipinski definition) is 8. The predicted molar refractivity (Wildman–Crippen MR) is 137 cm³/mol. The van der Waals surface area contributed by atoms with E-state index in [1.807, 2.05) is 0 Å². The molecule has 4 N–H and O–H groups in total. The second kappa shape index (κ2) is 10.1. The van der Waals surface area contributed by atoms with Gasteiger partial charge in [-0.2, -0.15) is 0 Å². The second-order valence-electron chi connectivity index (χ2n) is 7.30. The van der Waals surface area contributed by atoms with Gasteiger partial charge in [-0.1, -0.05) is 28.1 Å². The monoisotopic (exact) mass is 562 g/mol. The maximum Gasteiger partial charge on any atom is 0.280 e. The van der Waals surface area contributed by atoms with E-state index in [1.165, 1.54) is 16.7 Å². The lowest BCUT2D eigenvalue weighted by atomic mass is 10.2. The molecule has 4 rings (SSSR count). The SMILES string of the molecule is Cc1nc2ccc(Br)cc2c(=O)n1NC(=O)CNNC(=S)N1C(=O)CSC1c1ccc(O)cc1. The minimum Gasteiger partial charge on any atom is -0.508 e. The summed E-state index contributed by atoms with van der Waals surface area (Å²) in [6.45, 7) is 1.38. The Morgan fingerprint density at radius 1 is 1.26 bits per heavy atom. The average Bonchev–Trinajstić information content (AvgIpc) is 3.19. The van der Waals surface area contributed by atoms with Crippen molar-refractivity contribution in [1.82, 2.24) is 25.4 Å². The van der Waals surface area contributed by atoms with Crippen molar-refractivity contribution in [3.8, 4) is 5.75 Å². The molecule has 10 nitrogen and oxygen atoms in total. The van der Waals surface area contributed by atoms with Gasteiger partial charge in [-0.25, -0.2) is 15.1 Å². The summed E-state index contributed by atoms with van der Waals surface area (Å²) >= 11 is 10.1. The molecule has 1 fully saturated rings. The van der Waals surface area contributed by atoms with Crippen molar-refractivity contribution in [3.63, 3.8) is 0 Å². The van der Waals surface area contributed by atoms with Crippen LogP contribution in [-0.2, 0) is 9.59 Å². The highest BCUT2D eigenvalue weighted by Crippen LogP contribution is 2.38. The number of aromatic hydroxyl groups is 1. The largest absolute Gasteiger partial charge is 0.508 e. The lowest BCUT2D eigenvalue weighted by molar-refractivity contribution is -0.124. The molecule has 1 aromatic heterocycles. The molecule has 176 valence electrons. The van der Waals surface area contributed by atoms with E-state index >= 15 is 0 Å². The van der Waals surface area contributed by atoms with E-state index in [2.05, 4.69) is 37.2 Å². The van der Waals surface area contributed by atoms with Gasteiger partial charge in [0.05, 0.1) is 23.2 Å². The molecule has 1 atom stereocenters. The van der Waals surface area contributed by atoms with E-state index < -0.39 is 11.5 Å². The number of rotatable bonds is 5. The topological polar surface area (TPSA) is 129 Å². The van der Waals surface area contributed by atoms with Gasteiger partial charge in [0.15, 0.2) is 5.11 Å². The van der Waals surface area contributed by atoms with Gasteiger partial charge in [0.1, 0.15) is 16.9 Å². The minimum absolute atomic E-state index is 0.103. The van der Waals surface area contributed by atoms with Gasteiger partial charge in [0, 0.05) is 4.47 Å². The molecule has 0 radical (unpaired) electrons. The molecule has 0 aliphatic carbocycles. The van der Waals surface area contributed by atoms with Gasteiger partial charge in [0.25, 0.3) is 11.5 Å². The number of hydrogen-bond donors (Lipinski definition) is 4. The van der Waals surface area contributed by atoms with Crippen molar-refractivity contribution in [2.24, 2.45) is 0 Å². The average molecular weight is 563 g/mol.